The molecule has 0 aromatic heterocycles. The minimum Gasteiger partial charge on any atom is -0.310 e. The molecule has 0 fully saturated rings. The Morgan fingerprint density at radius 3 is 1.37 bits per heavy atom. The highest BCUT2D eigenvalue weighted by molar-refractivity contribution is 6.10. The Morgan fingerprint density at radius 2 is 0.716 bits per heavy atom. The van der Waals surface area contributed by atoms with E-state index in [1.165, 1.54) is 99.8 Å². The van der Waals surface area contributed by atoms with Crippen LogP contribution in [0.5, 0.6) is 0 Å². The summed E-state index contributed by atoms with van der Waals surface area (Å²) >= 11 is 0. The van der Waals surface area contributed by atoms with E-state index in [4.69, 9.17) is 0 Å². The normalized spacial score (nSPS) is 15.3. The molecule has 14 rings (SSSR count). The predicted molar refractivity (Wildman–Crippen MR) is 278 cm³/mol. The van der Waals surface area contributed by atoms with E-state index in [9.17, 15) is 0 Å². The minimum absolute atomic E-state index is 0.474. The Morgan fingerprint density at radius 1 is 0.254 bits per heavy atom. The summed E-state index contributed by atoms with van der Waals surface area (Å²) in [5.41, 5.74) is 22.8. The Kier molecular flexibility index (Phi) is 8.18. The molecule has 0 radical (unpaired) electrons. The van der Waals surface area contributed by atoms with Crippen molar-refractivity contribution in [2.45, 2.75) is 10.8 Å². The van der Waals surface area contributed by atoms with Crippen molar-refractivity contribution in [3.8, 4) is 44.5 Å². The maximum absolute atomic E-state index is 2.53. The molecule has 1 unspecified atom stereocenters. The van der Waals surface area contributed by atoms with Crippen LogP contribution in [-0.2, 0) is 10.8 Å². The number of nitrogens with zero attached hydrogens (tertiary/aromatic N) is 1. The van der Waals surface area contributed by atoms with Crippen LogP contribution in [0.1, 0.15) is 44.5 Å². The summed E-state index contributed by atoms with van der Waals surface area (Å²) in [5.74, 6) is 0. The van der Waals surface area contributed by atoms with Gasteiger partial charge in [-0.2, -0.15) is 0 Å². The second-order valence-corrected chi connectivity index (χ2v) is 18.3. The molecule has 1 heteroatoms. The monoisotopic (exact) mass is 849 g/mol. The Bertz CT molecular complexity index is 3700. The SMILES string of the molecule is c1ccc(-c2ccc3cccc4c3c2C2(c3ccccc3-c3ccc(N(c5ccccc5)c5ccc6c(c5)-c5ccccc5C6(c5ccccc5)c5ccccc5)cc32)c2ccccc2-4)cc1. The van der Waals surface area contributed by atoms with Crippen LogP contribution in [0.2, 0.25) is 0 Å². The van der Waals surface area contributed by atoms with E-state index in [-0.39, 0.29) is 0 Å². The van der Waals surface area contributed by atoms with Crippen molar-refractivity contribution in [2.24, 2.45) is 0 Å². The summed E-state index contributed by atoms with van der Waals surface area (Å²) in [4.78, 5) is 2.48. The first kappa shape index (κ1) is 37.8. The molecule has 0 aliphatic heterocycles. The molecule has 3 aliphatic carbocycles. The summed E-state index contributed by atoms with van der Waals surface area (Å²) in [7, 11) is 0. The minimum atomic E-state index is -0.609. The number of hydrogen-bond donors (Lipinski definition) is 0. The highest BCUT2D eigenvalue weighted by Crippen LogP contribution is 2.64. The van der Waals surface area contributed by atoms with E-state index in [0.717, 1.165) is 17.1 Å². The summed E-state index contributed by atoms with van der Waals surface area (Å²) < 4.78 is 0. The van der Waals surface area contributed by atoms with Gasteiger partial charge < -0.3 is 4.90 Å². The lowest BCUT2D eigenvalue weighted by molar-refractivity contribution is 0.768. The first-order chi connectivity index (χ1) is 33.3. The van der Waals surface area contributed by atoms with Crippen LogP contribution in [0.3, 0.4) is 0 Å². The van der Waals surface area contributed by atoms with Crippen molar-refractivity contribution in [2.75, 3.05) is 4.90 Å². The van der Waals surface area contributed by atoms with Gasteiger partial charge in [0.15, 0.2) is 0 Å². The highest BCUT2D eigenvalue weighted by atomic mass is 15.1. The molecule has 67 heavy (non-hydrogen) atoms. The summed E-state index contributed by atoms with van der Waals surface area (Å²) in [6.07, 6.45) is 0. The third-order valence-corrected chi connectivity index (χ3v) is 15.1. The predicted octanol–water partition coefficient (Wildman–Crippen LogP) is 16.7. The van der Waals surface area contributed by atoms with Crippen LogP contribution < -0.4 is 4.90 Å². The van der Waals surface area contributed by atoms with Gasteiger partial charge in [-0.1, -0.05) is 224 Å². The molecule has 1 spiro atoms. The molecular weight excluding hydrogens is 807 g/mol. The van der Waals surface area contributed by atoms with Crippen molar-refractivity contribution in [1.82, 2.24) is 0 Å². The average Bonchev–Trinajstić information content (AvgIpc) is 3.86. The molecule has 0 saturated carbocycles. The van der Waals surface area contributed by atoms with Crippen molar-refractivity contribution >= 4 is 27.8 Å². The van der Waals surface area contributed by atoms with Crippen LogP contribution in [0.15, 0.2) is 261 Å². The van der Waals surface area contributed by atoms with Crippen LogP contribution in [0.4, 0.5) is 17.1 Å². The van der Waals surface area contributed by atoms with Crippen molar-refractivity contribution in [1.29, 1.82) is 0 Å². The average molecular weight is 850 g/mol. The van der Waals surface area contributed by atoms with Gasteiger partial charge in [-0.25, -0.2) is 0 Å². The molecule has 1 atom stereocenters. The van der Waals surface area contributed by atoms with E-state index in [1.807, 2.05) is 0 Å². The number of hydrogen-bond acceptors (Lipinski definition) is 1. The van der Waals surface area contributed by atoms with Gasteiger partial charge in [-0.05, 0) is 136 Å². The molecular formula is C66H43N. The number of anilines is 3. The molecule has 0 heterocycles. The van der Waals surface area contributed by atoms with E-state index in [0.29, 0.717) is 0 Å². The lowest BCUT2D eigenvalue weighted by Gasteiger charge is -2.41. The Balaban J connectivity index is 1.05. The largest absolute Gasteiger partial charge is 0.310 e. The van der Waals surface area contributed by atoms with Crippen molar-refractivity contribution in [3.05, 3.63) is 305 Å². The smallest absolute Gasteiger partial charge is 0.0732 e. The first-order valence-electron chi connectivity index (χ1n) is 23.4. The topological polar surface area (TPSA) is 3.24 Å². The van der Waals surface area contributed by atoms with E-state index in [2.05, 4.69) is 266 Å². The molecule has 1 nitrogen and oxygen atoms in total. The Hall–Kier alpha value is -8.52. The molecule has 3 aliphatic rings. The van der Waals surface area contributed by atoms with Gasteiger partial charge in [0.1, 0.15) is 0 Å². The second kappa shape index (κ2) is 14.5. The molecule has 0 N–H and O–H groups in total. The molecule has 11 aromatic rings. The van der Waals surface area contributed by atoms with Crippen LogP contribution in [0, 0.1) is 0 Å². The number of benzene rings is 11. The molecule has 0 amide bonds. The second-order valence-electron chi connectivity index (χ2n) is 18.3. The van der Waals surface area contributed by atoms with Gasteiger partial charge in [0, 0.05) is 17.1 Å². The van der Waals surface area contributed by atoms with Crippen LogP contribution in [0.25, 0.3) is 55.3 Å². The zero-order valence-electron chi connectivity index (χ0n) is 36.8. The maximum Gasteiger partial charge on any atom is 0.0732 e. The zero-order chi connectivity index (χ0) is 44.1. The van der Waals surface area contributed by atoms with Crippen molar-refractivity contribution < 1.29 is 0 Å². The zero-order valence-corrected chi connectivity index (χ0v) is 36.8. The van der Waals surface area contributed by atoms with Gasteiger partial charge in [-0.15, -0.1) is 0 Å². The standard InChI is InChI=1S/C66H43N/c1-5-20-44(21-6-1)51-39-36-45-22-19-32-56-53-30-14-18-35-60(53)66(64(51)63(45)56)59-34-17-13-29-52(59)55-40-37-50(43-62(55)66)67(48-27-11-4-12-28-48)49-38-41-61-57(42-49)54-31-15-16-33-58(54)65(61,46-23-7-2-8-24-46)47-25-9-3-10-26-47/h1-43H. The van der Waals surface area contributed by atoms with E-state index < -0.39 is 10.8 Å². The van der Waals surface area contributed by atoms with E-state index in [1.54, 1.807) is 0 Å². The third-order valence-electron chi connectivity index (χ3n) is 15.1. The number of para-hydroxylation sites is 1. The summed E-state index contributed by atoms with van der Waals surface area (Å²) in [6.45, 7) is 0. The van der Waals surface area contributed by atoms with Gasteiger partial charge in [0.05, 0.1) is 10.8 Å². The van der Waals surface area contributed by atoms with Crippen LogP contribution >= 0.6 is 0 Å². The molecule has 0 bridgehead atoms. The van der Waals surface area contributed by atoms with Gasteiger partial charge >= 0.3 is 0 Å². The fourth-order valence-corrected chi connectivity index (χ4v) is 12.6. The fourth-order valence-electron chi connectivity index (χ4n) is 12.6. The molecule has 0 saturated heterocycles. The molecule has 11 aromatic carbocycles. The Labute approximate surface area is 391 Å². The maximum atomic E-state index is 2.53. The quantitative estimate of drug-likeness (QED) is 0.161. The molecule has 312 valence electrons. The lowest BCUT2D eigenvalue weighted by atomic mass is 9.60. The first-order valence-corrected chi connectivity index (χ1v) is 23.4. The van der Waals surface area contributed by atoms with Crippen molar-refractivity contribution in [3.63, 3.8) is 0 Å². The summed E-state index contributed by atoms with van der Waals surface area (Å²) in [5, 5.41) is 2.59. The highest BCUT2D eigenvalue weighted by Gasteiger charge is 2.52. The van der Waals surface area contributed by atoms with Gasteiger partial charge in [-0.3, -0.25) is 0 Å². The van der Waals surface area contributed by atoms with E-state index >= 15 is 0 Å². The number of fused-ring (bicyclic) bond motifs is 12. The third kappa shape index (κ3) is 5.14. The van der Waals surface area contributed by atoms with Gasteiger partial charge in [0.2, 0.25) is 0 Å². The summed E-state index contributed by atoms with van der Waals surface area (Å²) in [6, 6.07) is 97.6. The lowest BCUT2D eigenvalue weighted by Crippen LogP contribution is -2.32. The van der Waals surface area contributed by atoms with Gasteiger partial charge in [0.25, 0.3) is 0 Å². The fraction of sp³-hybridized carbons (Fsp3) is 0.0303. The number of rotatable bonds is 6. The van der Waals surface area contributed by atoms with Crippen LogP contribution in [-0.4, -0.2) is 0 Å².